The van der Waals surface area contributed by atoms with Crippen LogP contribution in [0.25, 0.3) is 0 Å². The number of carbonyl (C=O) groups is 2. The van der Waals surface area contributed by atoms with Gasteiger partial charge in [0.1, 0.15) is 19.8 Å². The van der Waals surface area contributed by atoms with Crippen molar-refractivity contribution in [2.45, 2.75) is 341 Å². The summed E-state index contributed by atoms with van der Waals surface area (Å²) in [6.45, 7) is 4.29. The zero-order valence-corrected chi connectivity index (χ0v) is 53.3. The van der Waals surface area contributed by atoms with Gasteiger partial charge in [-0.3, -0.25) is 14.2 Å². The van der Waals surface area contributed by atoms with Gasteiger partial charge in [0.2, 0.25) is 0 Å². The van der Waals surface area contributed by atoms with Crippen LogP contribution in [0.4, 0.5) is 0 Å². The molecule has 0 aromatic carbocycles. The molecule has 460 valence electrons. The first-order chi connectivity index (χ1) is 38.0. The van der Waals surface area contributed by atoms with Gasteiger partial charge in [-0.25, -0.2) is 0 Å². The molecule has 0 bridgehead atoms. The van der Waals surface area contributed by atoms with Crippen molar-refractivity contribution >= 4 is 19.8 Å². The normalized spacial score (nSPS) is 13.4. The van der Waals surface area contributed by atoms with Crippen LogP contribution >= 0.6 is 7.82 Å². The Balaban J connectivity index is 4.03. The molecule has 0 N–H and O–H groups in total. The monoisotopic (exact) mass is 1120 g/mol. The lowest BCUT2D eigenvalue weighted by Crippen LogP contribution is -2.37. The van der Waals surface area contributed by atoms with Gasteiger partial charge in [-0.15, -0.1) is 0 Å². The van der Waals surface area contributed by atoms with E-state index in [9.17, 15) is 19.0 Å². The summed E-state index contributed by atoms with van der Waals surface area (Å²) in [5.41, 5.74) is 0. The summed E-state index contributed by atoms with van der Waals surface area (Å²) in [7, 11) is 1.18. The van der Waals surface area contributed by atoms with Crippen molar-refractivity contribution in [3.8, 4) is 0 Å². The molecule has 78 heavy (non-hydrogen) atoms. The number of esters is 2. The van der Waals surface area contributed by atoms with Gasteiger partial charge >= 0.3 is 11.9 Å². The fourth-order valence-corrected chi connectivity index (χ4v) is 10.7. The number of phosphoric ester groups is 1. The Morgan fingerprint density at radius 2 is 0.692 bits per heavy atom. The second-order valence-corrected chi connectivity index (χ2v) is 25.6. The van der Waals surface area contributed by atoms with E-state index in [1.165, 1.54) is 250 Å². The Labute approximate surface area is 484 Å². The zero-order valence-electron chi connectivity index (χ0n) is 52.4. The van der Waals surface area contributed by atoms with Gasteiger partial charge in [-0.2, -0.15) is 0 Å². The van der Waals surface area contributed by atoms with E-state index in [-0.39, 0.29) is 32.0 Å². The Kier molecular flexibility index (Phi) is 58.5. The molecule has 0 amide bonds. The van der Waals surface area contributed by atoms with Crippen LogP contribution < -0.4 is 4.89 Å². The average Bonchev–Trinajstić information content (AvgIpc) is 3.40. The molecule has 0 aliphatic heterocycles. The quantitative estimate of drug-likeness (QED) is 0.0195. The Bertz CT molecular complexity index is 1410. The topological polar surface area (TPSA) is 111 Å². The van der Waals surface area contributed by atoms with Crippen molar-refractivity contribution in [1.82, 2.24) is 0 Å². The summed E-state index contributed by atoms with van der Waals surface area (Å²) in [6.07, 6.45) is 75.0. The molecule has 2 unspecified atom stereocenters. The van der Waals surface area contributed by atoms with E-state index in [1.807, 2.05) is 21.1 Å². The molecule has 0 saturated carbocycles. The second-order valence-electron chi connectivity index (χ2n) is 24.2. The zero-order chi connectivity index (χ0) is 57.0. The van der Waals surface area contributed by atoms with Gasteiger partial charge in [-0.05, 0) is 51.4 Å². The number of unbranched alkanes of at least 4 members (excludes halogenated alkanes) is 43. The van der Waals surface area contributed by atoms with Crippen molar-refractivity contribution < 1.29 is 42.1 Å². The Morgan fingerprint density at radius 3 is 1.03 bits per heavy atom. The van der Waals surface area contributed by atoms with E-state index in [2.05, 4.69) is 50.3 Å². The average molecular weight is 1120 g/mol. The third kappa shape index (κ3) is 63.4. The van der Waals surface area contributed by atoms with Crippen molar-refractivity contribution in [3.05, 3.63) is 36.5 Å². The number of allylic oxidation sites excluding steroid dienone is 6. The minimum Gasteiger partial charge on any atom is -0.756 e. The number of ether oxygens (including phenoxy) is 2. The highest BCUT2D eigenvalue weighted by Crippen LogP contribution is 2.38. The fraction of sp³-hybridized carbons (Fsp3) is 0.882. The van der Waals surface area contributed by atoms with E-state index in [0.29, 0.717) is 17.4 Å². The third-order valence-corrected chi connectivity index (χ3v) is 16.1. The van der Waals surface area contributed by atoms with E-state index in [1.54, 1.807) is 0 Å². The van der Waals surface area contributed by atoms with Gasteiger partial charge in [0.05, 0.1) is 27.7 Å². The maximum Gasteiger partial charge on any atom is 0.306 e. The van der Waals surface area contributed by atoms with Crippen LogP contribution in [0.2, 0.25) is 0 Å². The second kappa shape index (κ2) is 59.8. The van der Waals surface area contributed by atoms with Gasteiger partial charge in [0.25, 0.3) is 7.82 Å². The summed E-state index contributed by atoms with van der Waals surface area (Å²) < 4.78 is 34.3. The van der Waals surface area contributed by atoms with Crippen LogP contribution in [0.15, 0.2) is 36.5 Å². The minimum atomic E-state index is -4.64. The molecule has 0 aliphatic rings. The van der Waals surface area contributed by atoms with Crippen molar-refractivity contribution in [2.75, 3.05) is 47.5 Å². The van der Waals surface area contributed by atoms with Crippen LogP contribution in [0.1, 0.15) is 335 Å². The molecule has 0 aliphatic carbocycles. The lowest BCUT2D eigenvalue weighted by Gasteiger charge is -2.28. The highest BCUT2D eigenvalue weighted by atomic mass is 31.2. The highest BCUT2D eigenvalue weighted by molar-refractivity contribution is 7.45. The minimum absolute atomic E-state index is 0.0281. The maximum atomic E-state index is 12.8. The molecular weight excluding hydrogens is 990 g/mol. The van der Waals surface area contributed by atoms with Crippen LogP contribution in [0, 0.1) is 0 Å². The Hall–Kier alpha value is -1.77. The lowest BCUT2D eigenvalue weighted by molar-refractivity contribution is -0.870. The molecule has 9 nitrogen and oxygen atoms in total. The standard InChI is InChI=1S/C68H130NO8P/c1-6-8-10-12-14-16-18-20-22-24-26-28-30-31-32-33-34-35-36-37-39-41-43-45-47-49-51-53-55-57-59-61-68(71)77-66(65-76-78(72,73)75-63-62-69(3,4)5)64-74-67(70)60-58-56-54-52-50-48-46-44-42-40-38-29-27-25-23-21-19-17-15-13-11-9-7-2/h18,20,24,26,30-31,66H,6-17,19,21-23,25,27-29,32-65H2,1-5H3/b20-18-,26-24-,31-30-. The summed E-state index contributed by atoms with van der Waals surface area (Å²) in [5, 5.41) is 0. The lowest BCUT2D eigenvalue weighted by atomic mass is 10.0. The largest absolute Gasteiger partial charge is 0.756 e. The fourth-order valence-electron chi connectivity index (χ4n) is 9.96. The SMILES string of the molecule is CCCCCCC/C=C\C/C=C\C/C=C\CCCCCCCCCCCCCCCCCCC(=O)OC(COC(=O)CCCCCCCCCCCCCCCCCCCCCCCCC)COP(=O)([O-])OCC[N+](C)(C)C. The van der Waals surface area contributed by atoms with Gasteiger partial charge < -0.3 is 27.9 Å². The predicted octanol–water partition coefficient (Wildman–Crippen LogP) is 20.9. The molecule has 0 rings (SSSR count). The number of carbonyl (C=O) groups excluding carboxylic acids is 2. The van der Waals surface area contributed by atoms with Crippen LogP contribution in [-0.4, -0.2) is 70.0 Å². The molecule has 0 aromatic heterocycles. The first-order valence-electron chi connectivity index (χ1n) is 33.7. The summed E-state index contributed by atoms with van der Waals surface area (Å²) in [6, 6.07) is 0. The number of hydrogen-bond donors (Lipinski definition) is 0. The third-order valence-electron chi connectivity index (χ3n) is 15.2. The number of rotatable bonds is 63. The van der Waals surface area contributed by atoms with Gasteiger partial charge in [-0.1, -0.05) is 307 Å². The number of quaternary nitrogens is 1. The van der Waals surface area contributed by atoms with Gasteiger partial charge in [0, 0.05) is 12.8 Å². The van der Waals surface area contributed by atoms with Crippen LogP contribution in [0.3, 0.4) is 0 Å². The van der Waals surface area contributed by atoms with Crippen LogP contribution in [-0.2, 0) is 32.7 Å². The molecule has 0 spiro atoms. The van der Waals surface area contributed by atoms with Crippen LogP contribution in [0.5, 0.6) is 0 Å². The smallest absolute Gasteiger partial charge is 0.306 e. The van der Waals surface area contributed by atoms with Crippen molar-refractivity contribution in [2.24, 2.45) is 0 Å². The van der Waals surface area contributed by atoms with Crippen molar-refractivity contribution in [3.63, 3.8) is 0 Å². The summed E-state index contributed by atoms with van der Waals surface area (Å²) in [5.74, 6) is -0.813. The summed E-state index contributed by atoms with van der Waals surface area (Å²) >= 11 is 0. The highest BCUT2D eigenvalue weighted by Gasteiger charge is 2.22. The van der Waals surface area contributed by atoms with Gasteiger partial charge in [0.15, 0.2) is 6.10 Å². The number of phosphoric acid groups is 1. The van der Waals surface area contributed by atoms with E-state index in [4.69, 9.17) is 18.5 Å². The predicted molar refractivity (Wildman–Crippen MR) is 333 cm³/mol. The van der Waals surface area contributed by atoms with E-state index >= 15 is 0 Å². The van der Waals surface area contributed by atoms with E-state index < -0.39 is 26.5 Å². The number of hydrogen-bond acceptors (Lipinski definition) is 8. The molecular formula is C68H130NO8P. The molecule has 0 radical (unpaired) electrons. The first kappa shape index (κ1) is 76.2. The molecule has 0 heterocycles. The molecule has 0 aromatic rings. The number of likely N-dealkylation sites (N-methyl/N-ethyl adjacent to an activating group) is 1. The maximum absolute atomic E-state index is 12.8. The molecule has 0 fully saturated rings. The van der Waals surface area contributed by atoms with E-state index in [0.717, 1.165) is 51.4 Å². The van der Waals surface area contributed by atoms with Crippen molar-refractivity contribution in [1.29, 1.82) is 0 Å². The summed E-state index contributed by atoms with van der Waals surface area (Å²) in [4.78, 5) is 38.0. The Morgan fingerprint density at radius 1 is 0.397 bits per heavy atom. The molecule has 0 saturated heterocycles. The molecule has 2 atom stereocenters. The molecule has 10 heteroatoms. The number of nitrogens with zero attached hydrogens (tertiary/aromatic N) is 1. The first-order valence-corrected chi connectivity index (χ1v) is 35.2.